The van der Waals surface area contributed by atoms with Gasteiger partial charge in [0, 0.05) is 23.7 Å². The van der Waals surface area contributed by atoms with E-state index in [1.54, 1.807) is 0 Å². The van der Waals surface area contributed by atoms with Crippen molar-refractivity contribution in [2.75, 3.05) is 6.54 Å². The fraction of sp³-hybridized carbons (Fsp3) is 0.938. The van der Waals surface area contributed by atoms with E-state index in [4.69, 9.17) is 4.74 Å². The second-order valence-electron chi connectivity index (χ2n) is 8.29. The number of ether oxygens (including phenoxy) is 1. The quantitative estimate of drug-likeness (QED) is 0.779. The Morgan fingerprint density at radius 2 is 1.70 bits per heavy atom. The number of carbonyl (C=O) groups excluding carboxylic acids is 1. The molecule has 4 heteroatoms. The predicted molar refractivity (Wildman–Crippen MR) is 82.8 cm³/mol. The maximum absolute atomic E-state index is 11.7. The second-order valence-corrected chi connectivity index (χ2v) is 8.29. The van der Waals surface area contributed by atoms with Gasteiger partial charge in [-0.25, -0.2) is 0 Å². The predicted octanol–water partition coefficient (Wildman–Crippen LogP) is 2.62. The van der Waals surface area contributed by atoms with Crippen molar-refractivity contribution in [2.24, 2.45) is 0 Å². The van der Waals surface area contributed by atoms with E-state index in [-0.39, 0.29) is 17.0 Å². The molecule has 0 amide bonds. The van der Waals surface area contributed by atoms with E-state index in [0.29, 0.717) is 19.0 Å². The van der Waals surface area contributed by atoms with Gasteiger partial charge in [-0.05, 0) is 61.3 Å². The third kappa shape index (κ3) is 6.71. The summed E-state index contributed by atoms with van der Waals surface area (Å²) in [7, 11) is 0. The van der Waals surface area contributed by atoms with Crippen LogP contribution < -0.4 is 10.6 Å². The average Bonchev–Trinajstić information content (AvgIpc) is 2.08. The maximum atomic E-state index is 11.7. The zero-order valence-corrected chi connectivity index (χ0v) is 14.2. The Bertz CT molecular complexity index is 327. The maximum Gasteiger partial charge on any atom is 0.307 e. The van der Waals surface area contributed by atoms with Crippen LogP contribution in [-0.4, -0.2) is 35.2 Å². The Morgan fingerprint density at radius 1 is 1.20 bits per heavy atom. The monoisotopic (exact) mass is 284 g/mol. The molecule has 0 saturated carbocycles. The molecule has 0 aromatic heterocycles. The van der Waals surface area contributed by atoms with Crippen LogP contribution in [0.1, 0.15) is 67.7 Å². The SMILES string of the molecule is CC1(C)CC(NCCC(=O)OC(C)(C)C)CC(C)(C)N1. The Kier molecular flexibility index (Phi) is 5.25. The van der Waals surface area contributed by atoms with E-state index in [9.17, 15) is 4.79 Å². The highest BCUT2D eigenvalue weighted by molar-refractivity contribution is 5.70. The minimum Gasteiger partial charge on any atom is -0.460 e. The van der Waals surface area contributed by atoms with E-state index < -0.39 is 5.60 Å². The van der Waals surface area contributed by atoms with Gasteiger partial charge in [-0.15, -0.1) is 0 Å². The smallest absolute Gasteiger partial charge is 0.307 e. The first-order valence-corrected chi connectivity index (χ1v) is 7.63. The highest BCUT2D eigenvalue weighted by atomic mass is 16.6. The van der Waals surface area contributed by atoms with Crippen molar-refractivity contribution < 1.29 is 9.53 Å². The van der Waals surface area contributed by atoms with Crippen molar-refractivity contribution in [1.82, 2.24) is 10.6 Å². The molecule has 0 radical (unpaired) electrons. The summed E-state index contributed by atoms with van der Waals surface area (Å²) in [5.41, 5.74) is -0.132. The lowest BCUT2D eigenvalue weighted by Crippen LogP contribution is -2.61. The van der Waals surface area contributed by atoms with Gasteiger partial charge in [0.2, 0.25) is 0 Å². The minimum atomic E-state index is -0.393. The van der Waals surface area contributed by atoms with Crippen LogP contribution in [-0.2, 0) is 9.53 Å². The van der Waals surface area contributed by atoms with Gasteiger partial charge < -0.3 is 15.4 Å². The molecule has 1 saturated heterocycles. The molecule has 0 aliphatic carbocycles. The molecular formula is C16H32N2O2. The normalized spacial score (nSPS) is 22.6. The first-order valence-electron chi connectivity index (χ1n) is 7.63. The molecule has 0 aromatic carbocycles. The standard InChI is InChI=1S/C16H32N2O2/c1-14(2,3)20-13(19)8-9-17-12-10-15(4,5)18-16(6,7)11-12/h12,17-18H,8-11H2,1-7H3. The van der Waals surface area contributed by atoms with Gasteiger partial charge in [-0.3, -0.25) is 4.79 Å². The Morgan fingerprint density at radius 3 is 2.15 bits per heavy atom. The molecular weight excluding hydrogens is 252 g/mol. The van der Waals surface area contributed by atoms with E-state index in [2.05, 4.69) is 38.3 Å². The van der Waals surface area contributed by atoms with Crippen molar-refractivity contribution in [3.05, 3.63) is 0 Å². The topological polar surface area (TPSA) is 50.4 Å². The van der Waals surface area contributed by atoms with Crippen molar-refractivity contribution in [3.8, 4) is 0 Å². The van der Waals surface area contributed by atoms with Crippen LogP contribution in [0.25, 0.3) is 0 Å². The van der Waals surface area contributed by atoms with Crippen LogP contribution in [0.5, 0.6) is 0 Å². The number of carbonyl (C=O) groups is 1. The number of hydrogen-bond donors (Lipinski definition) is 2. The van der Waals surface area contributed by atoms with Gasteiger partial charge in [0.1, 0.15) is 5.60 Å². The molecule has 0 aromatic rings. The van der Waals surface area contributed by atoms with Crippen molar-refractivity contribution >= 4 is 5.97 Å². The van der Waals surface area contributed by atoms with Crippen LogP contribution in [0.4, 0.5) is 0 Å². The summed E-state index contributed by atoms with van der Waals surface area (Å²) >= 11 is 0. The molecule has 0 spiro atoms. The first-order chi connectivity index (χ1) is 8.89. The Hall–Kier alpha value is -0.610. The highest BCUT2D eigenvalue weighted by Crippen LogP contribution is 2.28. The van der Waals surface area contributed by atoms with Gasteiger partial charge in [0.05, 0.1) is 6.42 Å². The summed E-state index contributed by atoms with van der Waals surface area (Å²) < 4.78 is 5.32. The Labute approximate surface area is 124 Å². The molecule has 1 heterocycles. The summed E-state index contributed by atoms with van der Waals surface area (Å²) in [5, 5.41) is 7.17. The number of esters is 1. The number of hydrogen-bond acceptors (Lipinski definition) is 4. The molecule has 0 bridgehead atoms. The molecule has 1 aliphatic heterocycles. The summed E-state index contributed by atoms with van der Waals surface area (Å²) in [6, 6.07) is 0.448. The number of piperidine rings is 1. The largest absolute Gasteiger partial charge is 0.460 e. The van der Waals surface area contributed by atoms with E-state index in [1.165, 1.54) is 0 Å². The highest BCUT2D eigenvalue weighted by Gasteiger charge is 2.37. The number of rotatable bonds is 4. The average molecular weight is 284 g/mol. The molecule has 118 valence electrons. The third-order valence-electron chi connectivity index (χ3n) is 3.37. The van der Waals surface area contributed by atoms with Crippen LogP contribution >= 0.6 is 0 Å². The van der Waals surface area contributed by atoms with Crippen LogP contribution in [0.2, 0.25) is 0 Å². The van der Waals surface area contributed by atoms with Crippen molar-refractivity contribution in [2.45, 2.75) is 90.4 Å². The van der Waals surface area contributed by atoms with Gasteiger partial charge in [0.25, 0.3) is 0 Å². The van der Waals surface area contributed by atoms with Gasteiger partial charge in [-0.2, -0.15) is 0 Å². The van der Waals surface area contributed by atoms with E-state index >= 15 is 0 Å². The molecule has 0 atom stereocenters. The number of nitrogens with one attached hydrogen (secondary N) is 2. The molecule has 4 nitrogen and oxygen atoms in total. The van der Waals surface area contributed by atoms with Gasteiger partial charge >= 0.3 is 5.97 Å². The Balaban J connectivity index is 2.37. The molecule has 20 heavy (non-hydrogen) atoms. The second kappa shape index (κ2) is 6.02. The van der Waals surface area contributed by atoms with E-state index in [1.807, 2.05) is 20.8 Å². The summed E-state index contributed by atoms with van der Waals surface area (Å²) in [6.45, 7) is 15.3. The molecule has 2 N–H and O–H groups in total. The summed E-state index contributed by atoms with van der Waals surface area (Å²) in [5.74, 6) is -0.127. The van der Waals surface area contributed by atoms with Crippen molar-refractivity contribution in [3.63, 3.8) is 0 Å². The summed E-state index contributed by atoms with van der Waals surface area (Å²) in [6.07, 6.45) is 2.58. The van der Waals surface area contributed by atoms with E-state index in [0.717, 1.165) is 12.8 Å². The minimum absolute atomic E-state index is 0.127. The summed E-state index contributed by atoms with van der Waals surface area (Å²) in [4.78, 5) is 11.7. The lowest BCUT2D eigenvalue weighted by molar-refractivity contribution is -0.154. The fourth-order valence-corrected chi connectivity index (χ4v) is 3.24. The van der Waals surface area contributed by atoms with Crippen molar-refractivity contribution in [1.29, 1.82) is 0 Å². The van der Waals surface area contributed by atoms with Gasteiger partial charge in [-0.1, -0.05) is 0 Å². The first kappa shape index (κ1) is 17.4. The van der Waals surface area contributed by atoms with Crippen LogP contribution in [0.3, 0.4) is 0 Å². The third-order valence-corrected chi connectivity index (χ3v) is 3.37. The molecule has 1 fully saturated rings. The zero-order valence-electron chi connectivity index (χ0n) is 14.2. The molecule has 0 unspecified atom stereocenters. The van der Waals surface area contributed by atoms with Crippen LogP contribution in [0, 0.1) is 0 Å². The van der Waals surface area contributed by atoms with Gasteiger partial charge in [0.15, 0.2) is 0 Å². The molecule has 1 aliphatic rings. The lowest BCUT2D eigenvalue weighted by Gasteiger charge is -2.46. The van der Waals surface area contributed by atoms with Crippen LogP contribution in [0.15, 0.2) is 0 Å². The fourth-order valence-electron chi connectivity index (χ4n) is 3.24. The molecule has 1 rings (SSSR count). The lowest BCUT2D eigenvalue weighted by atomic mass is 9.79. The zero-order chi connectivity index (χ0) is 15.6.